The molecule has 0 bridgehead atoms. The third-order valence-corrected chi connectivity index (χ3v) is 7.47. The van der Waals surface area contributed by atoms with Crippen molar-refractivity contribution in [3.63, 3.8) is 0 Å². The van der Waals surface area contributed by atoms with Crippen LogP contribution >= 0.6 is 11.6 Å². The third kappa shape index (κ3) is 4.90. The topological polar surface area (TPSA) is 160 Å². The van der Waals surface area contributed by atoms with Gasteiger partial charge in [0.25, 0.3) is 0 Å². The van der Waals surface area contributed by atoms with E-state index in [0.29, 0.717) is 16.4 Å². The van der Waals surface area contributed by atoms with E-state index >= 15 is 0 Å². The molecule has 4 rings (SSSR count). The van der Waals surface area contributed by atoms with E-state index in [4.69, 9.17) is 21.1 Å². The van der Waals surface area contributed by atoms with Crippen LogP contribution in [-0.4, -0.2) is 67.6 Å². The molecule has 0 aliphatic rings. The van der Waals surface area contributed by atoms with E-state index < -0.39 is 21.2 Å². The fourth-order valence-electron chi connectivity index (χ4n) is 3.34. The number of anilines is 1. The molecule has 0 spiro atoms. The van der Waals surface area contributed by atoms with Crippen LogP contribution < -0.4 is 14.2 Å². The van der Waals surface area contributed by atoms with E-state index in [-0.39, 0.29) is 29.2 Å². The summed E-state index contributed by atoms with van der Waals surface area (Å²) in [5.41, 5.74) is 0.755. The minimum Gasteiger partial charge on any atom is -0.479 e. The molecular formula is C21H22ClN9O4S. The van der Waals surface area contributed by atoms with Crippen LogP contribution in [0.25, 0.3) is 17.1 Å². The SMILES string of the molecule is COc1ncnc(OC)c1-n1c(NS(=O)(=O)[C@@H](C)[C@H](C)c2ncc(Cl)cn2)nnc1-c1cccnc1. The van der Waals surface area contributed by atoms with Gasteiger partial charge >= 0.3 is 0 Å². The lowest BCUT2D eigenvalue weighted by Gasteiger charge is -2.21. The highest BCUT2D eigenvalue weighted by Gasteiger charge is 2.33. The summed E-state index contributed by atoms with van der Waals surface area (Å²) in [7, 11) is -1.20. The molecule has 0 amide bonds. The minimum absolute atomic E-state index is 0.114. The van der Waals surface area contributed by atoms with Gasteiger partial charge in [-0.2, -0.15) is 9.97 Å². The fourth-order valence-corrected chi connectivity index (χ4v) is 4.67. The van der Waals surface area contributed by atoms with Crippen LogP contribution in [0.5, 0.6) is 11.8 Å². The van der Waals surface area contributed by atoms with Crippen LogP contribution in [0, 0.1) is 0 Å². The smallest absolute Gasteiger partial charge is 0.245 e. The maximum atomic E-state index is 13.4. The van der Waals surface area contributed by atoms with Crippen LogP contribution in [0.3, 0.4) is 0 Å². The molecule has 0 unspecified atom stereocenters. The minimum atomic E-state index is -4.03. The second-order valence-electron chi connectivity index (χ2n) is 7.57. The molecule has 0 radical (unpaired) electrons. The maximum absolute atomic E-state index is 13.4. The summed E-state index contributed by atoms with van der Waals surface area (Å²) in [4.78, 5) is 20.7. The number of halogens is 1. The zero-order valence-electron chi connectivity index (χ0n) is 19.7. The Hall–Kier alpha value is -3.91. The van der Waals surface area contributed by atoms with E-state index in [9.17, 15) is 8.42 Å². The first-order valence-corrected chi connectivity index (χ1v) is 12.5. The summed E-state index contributed by atoms with van der Waals surface area (Å²) >= 11 is 5.86. The molecule has 0 aliphatic carbocycles. The second kappa shape index (κ2) is 10.4. The highest BCUT2D eigenvalue weighted by Crippen LogP contribution is 2.35. The van der Waals surface area contributed by atoms with Crippen LogP contribution in [-0.2, 0) is 10.0 Å². The van der Waals surface area contributed by atoms with E-state index in [2.05, 4.69) is 39.8 Å². The van der Waals surface area contributed by atoms with Crippen LogP contribution in [0.2, 0.25) is 5.02 Å². The Morgan fingerprint density at radius 1 is 1.00 bits per heavy atom. The molecule has 15 heteroatoms. The largest absolute Gasteiger partial charge is 0.479 e. The highest BCUT2D eigenvalue weighted by molar-refractivity contribution is 7.93. The van der Waals surface area contributed by atoms with Crippen molar-refractivity contribution in [3.05, 3.63) is 54.1 Å². The number of hydrogen-bond acceptors (Lipinski definition) is 11. The third-order valence-electron chi connectivity index (χ3n) is 5.42. The van der Waals surface area contributed by atoms with E-state index in [1.165, 1.54) is 37.5 Å². The zero-order valence-corrected chi connectivity index (χ0v) is 21.3. The molecule has 188 valence electrons. The number of nitrogens with one attached hydrogen (secondary N) is 1. The van der Waals surface area contributed by atoms with E-state index in [1.54, 1.807) is 38.4 Å². The first-order chi connectivity index (χ1) is 17.3. The predicted octanol–water partition coefficient (Wildman–Crippen LogP) is 2.51. The summed E-state index contributed by atoms with van der Waals surface area (Å²) in [6.07, 6.45) is 7.25. The van der Waals surface area contributed by atoms with Crippen molar-refractivity contribution in [3.8, 4) is 28.8 Å². The van der Waals surface area contributed by atoms with Crippen molar-refractivity contribution in [2.45, 2.75) is 25.0 Å². The number of methoxy groups -OCH3 is 2. The fraction of sp³-hybridized carbons (Fsp3) is 0.286. The summed E-state index contributed by atoms with van der Waals surface area (Å²) in [5, 5.41) is 7.71. The first kappa shape index (κ1) is 25.2. The van der Waals surface area contributed by atoms with Gasteiger partial charge < -0.3 is 9.47 Å². The Morgan fingerprint density at radius 3 is 2.25 bits per heavy atom. The van der Waals surface area contributed by atoms with Crippen LogP contribution in [0.15, 0.2) is 43.2 Å². The molecule has 0 aliphatic heterocycles. The van der Waals surface area contributed by atoms with E-state index in [0.717, 1.165) is 0 Å². The number of sulfonamides is 1. The normalized spacial score (nSPS) is 13.1. The molecular weight excluding hydrogens is 510 g/mol. The maximum Gasteiger partial charge on any atom is 0.245 e. The van der Waals surface area contributed by atoms with Gasteiger partial charge in [-0.25, -0.2) is 18.4 Å². The molecule has 0 fully saturated rings. The monoisotopic (exact) mass is 531 g/mol. The van der Waals surface area contributed by atoms with Crippen molar-refractivity contribution < 1.29 is 17.9 Å². The molecule has 4 heterocycles. The molecule has 13 nitrogen and oxygen atoms in total. The van der Waals surface area contributed by atoms with Crippen LogP contribution in [0.1, 0.15) is 25.6 Å². The first-order valence-electron chi connectivity index (χ1n) is 10.5. The summed E-state index contributed by atoms with van der Waals surface area (Å²) in [6.45, 7) is 3.25. The number of rotatable bonds is 9. The standard InChI is InChI=1S/C21H22ClN9O4S/c1-12(17-24-9-15(22)10-25-17)13(2)36(32,33)30-21-29-28-18(14-6-5-7-23-8-14)31(21)16-19(34-3)26-11-27-20(16)35-4/h5-13H,1-4H3,(H,29,30)/t12-,13-/m0/s1. The average molecular weight is 532 g/mol. The summed E-state index contributed by atoms with van der Waals surface area (Å²) in [6, 6.07) is 3.46. The molecule has 4 aromatic heterocycles. The average Bonchev–Trinajstić information content (AvgIpc) is 3.30. The molecule has 0 saturated heterocycles. The second-order valence-corrected chi connectivity index (χ2v) is 10.0. The van der Waals surface area contributed by atoms with Gasteiger partial charge in [0.05, 0.1) is 24.5 Å². The van der Waals surface area contributed by atoms with Crippen molar-refractivity contribution >= 4 is 27.6 Å². The van der Waals surface area contributed by atoms with Crippen molar-refractivity contribution in [2.75, 3.05) is 18.9 Å². The summed E-state index contributed by atoms with van der Waals surface area (Å²) < 4.78 is 41.6. The van der Waals surface area contributed by atoms with Gasteiger partial charge in [0, 0.05) is 36.3 Å². The lowest BCUT2D eigenvalue weighted by atomic mass is 10.1. The molecule has 4 aromatic rings. The summed E-state index contributed by atoms with van der Waals surface area (Å²) in [5.74, 6) is 0.115. The van der Waals surface area contributed by atoms with Gasteiger partial charge in [0.1, 0.15) is 12.2 Å². The Labute approximate surface area is 212 Å². The van der Waals surface area contributed by atoms with Gasteiger partial charge in [-0.3, -0.25) is 14.3 Å². The van der Waals surface area contributed by atoms with Gasteiger partial charge in [0.2, 0.25) is 27.7 Å². The van der Waals surface area contributed by atoms with Crippen LogP contribution in [0.4, 0.5) is 5.95 Å². The van der Waals surface area contributed by atoms with Gasteiger partial charge in [-0.15, -0.1) is 10.2 Å². The number of aromatic nitrogens is 8. The number of pyridine rings is 1. The Balaban J connectivity index is 1.81. The lowest BCUT2D eigenvalue weighted by Crippen LogP contribution is -2.31. The van der Waals surface area contributed by atoms with E-state index in [1.807, 2.05) is 0 Å². The van der Waals surface area contributed by atoms with Gasteiger partial charge in [0.15, 0.2) is 11.5 Å². The molecule has 2 atom stereocenters. The molecule has 0 saturated carbocycles. The number of ether oxygens (including phenoxy) is 2. The zero-order chi connectivity index (χ0) is 25.9. The number of nitrogens with zero attached hydrogens (tertiary/aromatic N) is 8. The molecule has 0 aromatic carbocycles. The Kier molecular flexibility index (Phi) is 7.26. The Morgan fingerprint density at radius 2 is 1.67 bits per heavy atom. The van der Waals surface area contributed by atoms with Gasteiger partial charge in [-0.05, 0) is 19.1 Å². The lowest BCUT2D eigenvalue weighted by molar-refractivity contribution is 0.368. The Bertz CT molecular complexity index is 1430. The molecule has 36 heavy (non-hydrogen) atoms. The van der Waals surface area contributed by atoms with Crippen molar-refractivity contribution in [2.24, 2.45) is 0 Å². The predicted molar refractivity (Wildman–Crippen MR) is 131 cm³/mol. The van der Waals surface area contributed by atoms with Crippen molar-refractivity contribution in [1.82, 2.24) is 39.7 Å². The quantitative estimate of drug-likeness (QED) is 0.338. The van der Waals surface area contributed by atoms with Gasteiger partial charge in [-0.1, -0.05) is 18.5 Å². The van der Waals surface area contributed by atoms with Crippen molar-refractivity contribution in [1.29, 1.82) is 0 Å². The molecule has 1 N–H and O–H groups in total. The number of hydrogen-bond donors (Lipinski definition) is 1. The highest BCUT2D eigenvalue weighted by atomic mass is 35.5.